The van der Waals surface area contributed by atoms with E-state index in [-0.39, 0.29) is 21.8 Å². The van der Waals surface area contributed by atoms with Crippen molar-refractivity contribution in [2.45, 2.75) is 11.8 Å². The van der Waals surface area contributed by atoms with Crippen molar-refractivity contribution in [3.63, 3.8) is 0 Å². The van der Waals surface area contributed by atoms with Crippen molar-refractivity contribution in [2.24, 2.45) is 0 Å². The number of nitrogens with two attached hydrogens (primary N) is 1. The van der Waals surface area contributed by atoms with Crippen LogP contribution in [0.4, 0.5) is 15.8 Å². The summed E-state index contributed by atoms with van der Waals surface area (Å²) in [5, 5.41) is 9.10. The summed E-state index contributed by atoms with van der Waals surface area (Å²) in [6, 6.07) is 9.77. The fourth-order valence-electron chi connectivity index (χ4n) is 1.84. The lowest BCUT2D eigenvalue weighted by molar-refractivity contribution is 0.596. The molecule has 0 unspecified atom stereocenters. The highest BCUT2D eigenvalue weighted by molar-refractivity contribution is 7.92. The highest BCUT2D eigenvalue weighted by atomic mass is 32.2. The lowest BCUT2D eigenvalue weighted by Gasteiger charge is -2.12. The first kappa shape index (κ1) is 14.8. The fraction of sp³-hybridized carbons (Fsp3) is 0.0714. The maximum absolute atomic E-state index is 13.2. The van der Waals surface area contributed by atoms with E-state index in [0.717, 1.165) is 12.1 Å². The van der Waals surface area contributed by atoms with Crippen molar-refractivity contribution in [1.29, 1.82) is 5.26 Å². The second-order valence-electron chi connectivity index (χ2n) is 4.40. The van der Waals surface area contributed by atoms with Gasteiger partial charge in [-0.25, -0.2) is 12.8 Å². The van der Waals surface area contributed by atoms with E-state index in [1.807, 2.05) is 6.07 Å². The van der Waals surface area contributed by atoms with E-state index in [9.17, 15) is 12.8 Å². The predicted octanol–water partition coefficient (Wildman–Crippen LogP) is 2.39. The Morgan fingerprint density at radius 3 is 2.67 bits per heavy atom. The van der Waals surface area contributed by atoms with E-state index in [2.05, 4.69) is 4.72 Å². The van der Waals surface area contributed by atoms with Gasteiger partial charge >= 0.3 is 0 Å². The number of nitrogens with zero attached hydrogens (tertiary/aromatic N) is 1. The molecule has 0 atom stereocenters. The lowest BCUT2D eigenvalue weighted by atomic mass is 10.1. The predicted molar refractivity (Wildman–Crippen MR) is 77.5 cm³/mol. The van der Waals surface area contributed by atoms with E-state index >= 15 is 0 Å². The van der Waals surface area contributed by atoms with Gasteiger partial charge in [-0.2, -0.15) is 5.26 Å². The van der Waals surface area contributed by atoms with Crippen LogP contribution in [0.5, 0.6) is 0 Å². The smallest absolute Gasteiger partial charge is 0.264 e. The quantitative estimate of drug-likeness (QED) is 0.851. The van der Waals surface area contributed by atoms with Gasteiger partial charge in [0.05, 0.1) is 16.9 Å². The molecule has 0 heterocycles. The van der Waals surface area contributed by atoms with Crippen molar-refractivity contribution in [2.75, 3.05) is 10.5 Å². The van der Waals surface area contributed by atoms with E-state index in [1.54, 1.807) is 19.1 Å². The number of nitrogen functional groups attached to an aromatic ring is 1. The molecule has 0 radical (unpaired) electrons. The average Bonchev–Trinajstić information content (AvgIpc) is 2.41. The number of halogens is 1. The second kappa shape index (κ2) is 5.42. The minimum Gasteiger partial charge on any atom is -0.398 e. The maximum atomic E-state index is 13.2. The first-order valence-electron chi connectivity index (χ1n) is 5.92. The van der Waals surface area contributed by atoms with Crippen molar-refractivity contribution < 1.29 is 12.8 Å². The summed E-state index contributed by atoms with van der Waals surface area (Å²) in [7, 11) is -4.08. The van der Waals surface area contributed by atoms with Crippen LogP contribution in [-0.4, -0.2) is 8.42 Å². The van der Waals surface area contributed by atoms with Crippen molar-refractivity contribution in [1.82, 2.24) is 0 Å². The third kappa shape index (κ3) is 2.95. The summed E-state index contributed by atoms with van der Waals surface area (Å²) in [5.41, 5.74) is 6.47. The van der Waals surface area contributed by atoms with Crippen LogP contribution >= 0.6 is 0 Å². The van der Waals surface area contributed by atoms with Gasteiger partial charge in [-0.15, -0.1) is 0 Å². The topological polar surface area (TPSA) is 96.0 Å². The maximum Gasteiger partial charge on any atom is 0.264 e. The summed E-state index contributed by atoms with van der Waals surface area (Å²) in [6.45, 7) is 1.69. The standard InChI is InChI=1S/C14H12FN3O2S/c1-9-3-2-4-13(11(9)8-16)18-21(19,20)14-7-10(15)5-6-12(14)17/h2-7,18H,17H2,1H3. The number of aryl methyl sites for hydroxylation is 1. The largest absolute Gasteiger partial charge is 0.398 e. The molecule has 21 heavy (non-hydrogen) atoms. The molecular formula is C14H12FN3O2S. The van der Waals surface area contributed by atoms with E-state index in [1.165, 1.54) is 12.1 Å². The Balaban J connectivity index is 2.51. The Bertz CT molecular complexity index is 842. The number of rotatable bonds is 3. The molecule has 5 nitrogen and oxygen atoms in total. The van der Waals surface area contributed by atoms with Gasteiger partial charge < -0.3 is 5.73 Å². The molecule has 0 aromatic heterocycles. The number of nitrogens with one attached hydrogen (secondary N) is 1. The third-order valence-corrected chi connectivity index (χ3v) is 4.32. The average molecular weight is 305 g/mol. The summed E-state index contributed by atoms with van der Waals surface area (Å²) >= 11 is 0. The van der Waals surface area contributed by atoms with Crippen LogP contribution < -0.4 is 10.5 Å². The zero-order valence-corrected chi connectivity index (χ0v) is 11.9. The van der Waals surface area contributed by atoms with Gasteiger partial charge in [-0.1, -0.05) is 12.1 Å². The zero-order valence-electron chi connectivity index (χ0n) is 11.1. The molecule has 0 spiro atoms. The van der Waals surface area contributed by atoms with Gasteiger partial charge in [-0.3, -0.25) is 4.72 Å². The van der Waals surface area contributed by atoms with Crippen LogP contribution in [0.2, 0.25) is 0 Å². The molecule has 0 saturated heterocycles. The molecule has 2 rings (SSSR count). The molecule has 3 N–H and O–H groups in total. The van der Waals surface area contributed by atoms with Crippen molar-refractivity contribution in [3.05, 3.63) is 53.3 Å². The van der Waals surface area contributed by atoms with E-state index in [4.69, 9.17) is 11.0 Å². The molecule has 2 aromatic rings. The molecule has 0 amide bonds. The number of benzene rings is 2. The Kier molecular flexibility index (Phi) is 3.82. The third-order valence-electron chi connectivity index (χ3n) is 2.89. The first-order valence-corrected chi connectivity index (χ1v) is 7.41. The minimum atomic E-state index is -4.08. The normalized spacial score (nSPS) is 10.9. The second-order valence-corrected chi connectivity index (χ2v) is 6.05. The van der Waals surface area contributed by atoms with Crippen LogP contribution in [0.25, 0.3) is 0 Å². The Morgan fingerprint density at radius 1 is 1.29 bits per heavy atom. The molecule has 2 aromatic carbocycles. The summed E-state index contributed by atoms with van der Waals surface area (Å²) in [6.07, 6.45) is 0. The van der Waals surface area contributed by atoms with Crippen LogP contribution in [-0.2, 0) is 10.0 Å². The summed E-state index contributed by atoms with van der Waals surface area (Å²) in [4.78, 5) is -0.368. The van der Waals surface area contributed by atoms with Gasteiger partial charge in [0.25, 0.3) is 10.0 Å². The summed E-state index contributed by atoms with van der Waals surface area (Å²) in [5.74, 6) is -0.714. The zero-order chi connectivity index (χ0) is 15.6. The van der Waals surface area contributed by atoms with Gasteiger partial charge in [0.15, 0.2) is 0 Å². The number of sulfonamides is 1. The van der Waals surface area contributed by atoms with Crippen molar-refractivity contribution in [3.8, 4) is 6.07 Å². The first-order chi connectivity index (χ1) is 9.85. The van der Waals surface area contributed by atoms with Crippen LogP contribution in [0, 0.1) is 24.1 Å². The van der Waals surface area contributed by atoms with Crippen molar-refractivity contribution >= 4 is 21.4 Å². The highest BCUT2D eigenvalue weighted by Crippen LogP contribution is 2.25. The number of hydrogen-bond donors (Lipinski definition) is 2. The van der Waals surface area contributed by atoms with E-state index < -0.39 is 15.8 Å². The Hall–Kier alpha value is -2.59. The molecule has 7 heteroatoms. The molecule has 108 valence electrons. The monoisotopic (exact) mass is 305 g/mol. The highest BCUT2D eigenvalue weighted by Gasteiger charge is 2.20. The van der Waals surface area contributed by atoms with Gasteiger partial charge in [0, 0.05) is 0 Å². The molecule has 0 saturated carbocycles. The molecule has 0 fully saturated rings. The lowest BCUT2D eigenvalue weighted by Crippen LogP contribution is -2.16. The molecular weight excluding hydrogens is 293 g/mol. The SMILES string of the molecule is Cc1cccc(NS(=O)(=O)c2cc(F)ccc2N)c1C#N. The minimum absolute atomic E-state index is 0.0740. The van der Waals surface area contributed by atoms with Gasteiger partial charge in [0.2, 0.25) is 0 Å². The molecule has 0 aliphatic heterocycles. The fourth-order valence-corrected chi connectivity index (χ4v) is 3.06. The molecule has 0 aliphatic rings. The Morgan fingerprint density at radius 2 is 2.00 bits per heavy atom. The number of hydrogen-bond acceptors (Lipinski definition) is 4. The Labute approximate surface area is 121 Å². The molecule has 0 bridgehead atoms. The van der Waals surface area contributed by atoms with E-state index in [0.29, 0.717) is 5.56 Å². The van der Waals surface area contributed by atoms with Crippen LogP contribution in [0.15, 0.2) is 41.3 Å². The van der Waals surface area contributed by atoms with Crippen LogP contribution in [0.1, 0.15) is 11.1 Å². The van der Waals surface area contributed by atoms with Gasteiger partial charge in [-0.05, 0) is 36.8 Å². The van der Waals surface area contributed by atoms with Crippen LogP contribution in [0.3, 0.4) is 0 Å². The van der Waals surface area contributed by atoms with Gasteiger partial charge in [0.1, 0.15) is 16.8 Å². The molecule has 0 aliphatic carbocycles. The number of nitriles is 1. The summed E-state index contributed by atoms with van der Waals surface area (Å²) < 4.78 is 40.1. The number of anilines is 2.